The highest BCUT2D eigenvalue weighted by Crippen LogP contribution is 2.28. The fraction of sp³-hybridized carbons (Fsp3) is 0.938. The van der Waals surface area contributed by atoms with Gasteiger partial charge in [-0.25, -0.2) is 0 Å². The zero-order valence-electron chi connectivity index (χ0n) is 13.2. The molecular weight excluding hydrogens is 236 g/mol. The van der Waals surface area contributed by atoms with Gasteiger partial charge in [-0.2, -0.15) is 0 Å². The predicted molar refractivity (Wildman–Crippen MR) is 81.1 cm³/mol. The van der Waals surface area contributed by atoms with Crippen LogP contribution in [0.4, 0.5) is 0 Å². The second-order valence-corrected chi connectivity index (χ2v) is 6.39. The normalized spacial score (nSPS) is 25.9. The van der Waals surface area contributed by atoms with Crippen molar-refractivity contribution in [2.24, 2.45) is 11.8 Å². The lowest BCUT2D eigenvalue weighted by molar-refractivity contribution is -0.122. The Bertz CT molecular complexity index is 265. The molecule has 1 aliphatic carbocycles. The van der Waals surface area contributed by atoms with Crippen molar-refractivity contribution < 1.29 is 4.79 Å². The van der Waals surface area contributed by atoms with Gasteiger partial charge in [0.1, 0.15) is 0 Å². The number of carbonyl (C=O) groups is 1. The van der Waals surface area contributed by atoms with E-state index < -0.39 is 0 Å². The number of rotatable bonds is 6. The molecule has 0 aromatic rings. The van der Waals surface area contributed by atoms with E-state index in [4.69, 9.17) is 0 Å². The molecule has 1 fully saturated rings. The van der Waals surface area contributed by atoms with Crippen LogP contribution in [0.5, 0.6) is 0 Å². The van der Waals surface area contributed by atoms with Crippen molar-refractivity contribution in [3.05, 3.63) is 0 Å². The first-order valence-electron chi connectivity index (χ1n) is 8.08. The van der Waals surface area contributed by atoms with E-state index in [1.807, 2.05) is 6.92 Å². The molecule has 2 N–H and O–H groups in total. The van der Waals surface area contributed by atoms with E-state index in [2.05, 4.69) is 31.4 Å². The maximum absolute atomic E-state index is 11.9. The third-order valence-electron chi connectivity index (χ3n) is 4.38. The van der Waals surface area contributed by atoms with E-state index in [0.29, 0.717) is 6.04 Å². The Morgan fingerprint density at radius 3 is 2.53 bits per heavy atom. The van der Waals surface area contributed by atoms with E-state index in [-0.39, 0.29) is 11.9 Å². The van der Waals surface area contributed by atoms with Crippen LogP contribution in [0.3, 0.4) is 0 Å². The van der Waals surface area contributed by atoms with E-state index in [0.717, 1.165) is 24.8 Å². The maximum Gasteiger partial charge on any atom is 0.236 e. The van der Waals surface area contributed by atoms with Gasteiger partial charge in [0.05, 0.1) is 6.04 Å². The molecule has 3 atom stereocenters. The summed E-state index contributed by atoms with van der Waals surface area (Å²) in [6, 6.07) is 0.457. The lowest BCUT2D eigenvalue weighted by Crippen LogP contribution is -2.46. The Hall–Kier alpha value is -0.570. The van der Waals surface area contributed by atoms with Crippen LogP contribution in [0.1, 0.15) is 66.2 Å². The topological polar surface area (TPSA) is 41.1 Å². The summed E-state index contributed by atoms with van der Waals surface area (Å²) < 4.78 is 0. The first-order chi connectivity index (χ1) is 9.04. The fourth-order valence-corrected chi connectivity index (χ4v) is 2.99. The van der Waals surface area contributed by atoms with Gasteiger partial charge in [0.15, 0.2) is 0 Å². The zero-order valence-corrected chi connectivity index (χ0v) is 13.2. The molecule has 3 heteroatoms. The van der Waals surface area contributed by atoms with Crippen molar-refractivity contribution in [1.82, 2.24) is 10.6 Å². The second-order valence-electron chi connectivity index (χ2n) is 6.39. The smallest absolute Gasteiger partial charge is 0.236 e. The van der Waals surface area contributed by atoms with Crippen LogP contribution >= 0.6 is 0 Å². The summed E-state index contributed by atoms with van der Waals surface area (Å²) >= 11 is 0. The van der Waals surface area contributed by atoms with Crippen LogP contribution in [-0.2, 0) is 4.79 Å². The summed E-state index contributed by atoms with van der Waals surface area (Å²) in [6.45, 7) is 9.51. The number of carbonyl (C=O) groups excluding carboxylic acids is 1. The van der Waals surface area contributed by atoms with Crippen molar-refractivity contribution in [3.63, 3.8) is 0 Å². The Labute approximate surface area is 118 Å². The van der Waals surface area contributed by atoms with Gasteiger partial charge in [0, 0.05) is 12.6 Å². The summed E-state index contributed by atoms with van der Waals surface area (Å²) in [7, 11) is 0. The molecule has 1 saturated carbocycles. The number of amides is 1. The van der Waals surface area contributed by atoms with Gasteiger partial charge in [-0.3, -0.25) is 4.79 Å². The SMILES string of the molecule is CCCNC(=O)C(C)NC1CCCC(C(C)C)CC1. The fourth-order valence-electron chi connectivity index (χ4n) is 2.99. The maximum atomic E-state index is 11.9. The minimum absolute atomic E-state index is 0.0628. The van der Waals surface area contributed by atoms with Crippen LogP contribution in [0.2, 0.25) is 0 Å². The molecule has 3 nitrogen and oxygen atoms in total. The van der Waals surface area contributed by atoms with Crippen molar-refractivity contribution in [2.45, 2.75) is 78.3 Å². The van der Waals surface area contributed by atoms with Crippen molar-refractivity contribution in [1.29, 1.82) is 0 Å². The largest absolute Gasteiger partial charge is 0.355 e. The first-order valence-corrected chi connectivity index (χ1v) is 8.08. The van der Waals surface area contributed by atoms with Gasteiger partial charge < -0.3 is 10.6 Å². The van der Waals surface area contributed by atoms with E-state index in [1.54, 1.807) is 0 Å². The van der Waals surface area contributed by atoms with Gasteiger partial charge in [0.25, 0.3) is 0 Å². The minimum Gasteiger partial charge on any atom is -0.355 e. The highest BCUT2D eigenvalue weighted by Gasteiger charge is 2.23. The summed E-state index contributed by atoms with van der Waals surface area (Å²) in [5, 5.41) is 6.48. The third kappa shape index (κ3) is 5.94. The quantitative estimate of drug-likeness (QED) is 0.727. The highest BCUT2D eigenvalue weighted by atomic mass is 16.2. The average Bonchev–Trinajstić information content (AvgIpc) is 2.61. The number of hydrogen-bond donors (Lipinski definition) is 2. The van der Waals surface area contributed by atoms with Crippen LogP contribution in [0, 0.1) is 11.8 Å². The molecule has 0 aromatic heterocycles. The van der Waals surface area contributed by atoms with Crippen molar-refractivity contribution in [2.75, 3.05) is 6.54 Å². The van der Waals surface area contributed by atoms with Crippen molar-refractivity contribution >= 4 is 5.91 Å². The summed E-state index contributed by atoms with van der Waals surface area (Å²) in [5.74, 6) is 1.81. The van der Waals surface area contributed by atoms with Gasteiger partial charge in [0.2, 0.25) is 5.91 Å². The van der Waals surface area contributed by atoms with Crippen molar-refractivity contribution in [3.8, 4) is 0 Å². The molecule has 0 heterocycles. The molecule has 3 unspecified atom stereocenters. The van der Waals surface area contributed by atoms with Gasteiger partial charge in [-0.1, -0.05) is 33.6 Å². The van der Waals surface area contributed by atoms with Crippen LogP contribution in [0.25, 0.3) is 0 Å². The number of nitrogens with one attached hydrogen (secondary N) is 2. The minimum atomic E-state index is -0.0628. The Balaban J connectivity index is 2.34. The third-order valence-corrected chi connectivity index (χ3v) is 4.38. The van der Waals surface area contributed by atoms with Crippen LogP contribution in [-0.4, -0.2) is 24.5 Å². The lowest BCUT2D eigenvalue weighted by Gasteiger charge is -2.22. The summed E-state index contributed by atoms with van der Waals surface area (Å²) in [4.78, 5) is 11.9. The standard InChI is InChI=1S/C16H32N2O/c1-5-11-17-16(19)13(4)18-15-8-6-7-14(9-10-15)12(2)3/h12-15,18H,5-11H2,1-4H3,(H,17,19). The molecule has 0 bridgehead atoms. The molecule has 0 saturated heterocycles. The summed E-state index contributed by atoms with van der Waals surface area (Å²) in [6.07, 6.45) is 7.38. The molecule has 0 aliphatic heterocycles. The van der Waals surface area contributed by atoms with E-state index >= 15 is 0 Å². The molecule has 19 heavy (non-hydrogen) atoms. The molecule has 1 aliphatic rings. The monoisotopic (exact) mass is 268 g/mol. The van der Waals surface area contributed by atoms with Crippen LogP contribution in [0.15, 0.2) is 0 Å². The summed E-state index contributed by atoms with van der Waals surface area (Å²) in [5.41, 5.74) is 0. The molecular formula is C16H32N2O. The molecule has 0 radical (unpaired) electrons. The Kier molecular flexibility index (Phi) is 7.44. The Morgan fingerprint density at radius 1 is 1.16 bits per heavy atom. The van der Waals surface area contributed by atoms with E-state index in [9.17, 15) is 4.79 Å². The predicted octanol–water partition coefficient (Wildman–Crippen LogP) is 3.10. The molecule has 1 amide bonds. The molecule has 0 aromatic carbocycles. The van der Waals surface area contributed by atoms with Gasteiger partial charge >= 0.3 is 0 Å². The molecule has 1 rings (SSSR count). The average molecular weight is 268 g/mol. The van der Waals surface area contributed by atoms with Gasteiger partial charge in [-0.15, -0.1) is 0 Å². The first kappa shape index (κ1) is 16.5. The highest BCUT2D eigenvalue weighted by molar-refractivity contribution is 5.81. The molecule has 112 valence electrons. The molecule has 0 spiro atoms. The van der Waals surface area contributed by atoms with Crippen LogP contribution < -0.4 is 10.6 Å². The number of hydrogen-bond acceptors (Lipinski definition) is 2. The zero-order chi connectivity index (χ0) is 14.3. The van der Waals surface area contributed by atoms with Gasteiger partial charge in [-0.05, 0) is 44.4 Å². The lowest BCUT2D eigenvalue weighted by atomic mass is 9.89. The second kappa shape index (κ2) is 8.57. The van der Waals surface area contributed by atoms with E-state index in [1.165, 1.54) is 32.1 Å². The Morgan fingerprint density at radius 2 is 1.89 bits per heavy atom.